The molecule has 0 bridgehead atoms. The van der Waals surface area contributed by atoms with Gasteiger partial charge in [-0.1, -0.05) is 39.5 Å². The molecule has 1 fully saturated rings. The zero-order valence-corrected chi connectivity index (χ0v) is 17.3. The fourth-order valence-electron chi connectivity index (χ4n) is 4.09. The Labute approximate surface area is 162 Å². The summed E-state index contributed by atoms with van der Waals surface area (Å²) in [5.41, 5.74) is 3.25. The molecule has 2 N–H and O–H groups in total. The Balaban J connectivity index is 1.96. The number of hydrogen-bond donors (Lipinski definition) is 2. The molecule has 0 spiro atoms. The normalized spacial score (nSPS) is 20.9. The molecular formula is C21H35N3O3. The van der Waals surface area contributed by atoms with Gasteiger partial charge in [-0.25, -0.2) is 0 Å². The van der Waals surface area contributed by atoms with E-state index in [1.54, 1.807) is 0 Å². The first-order chi connectivity index (χ1) is 12.8. The van der Waals surface area contributed by atoms with E-state index in [1.165, 1.54) is 0 Å². The van der Waals surface area contributed by atoms with Crippen LogP contribution in [0.3, 0.4) is 0 Å². The summed E-state index contributed by atoms with van der Waals surface area (Å²) in [4.78, 5) is 24.1. The summed E-state index contributed by atoms with van der Waals surface area (Å²) in [5.74, 6) is -0.788. The van der Waals surface area contributed by atoms with Crippen LogP contribution < -0.4 is 5.32 Å². The Hall–Kier alpha value is -1.85. The molecule has 2 rings (SSSR count). The van der Waals surface area contributed by atoms with Crippen LogP contribution in [0, 0.1) is 25.7 Å². The molecule has 27 heavy (non-hydrogen) atoms. The molecule has 0 radical (unpaired) electrons. The van der Waals surface area contributed by atoms with Gasteiger partial charge in [-0.15, -0.1) is 0 Å². The first kappa shape index (κ1) is 21.5. The van der Waals surface area contributed by atoms with E-state index in [0.29, 0.717) is 25.2 Å². The zero-order valence-electron chi connectivity index (χ0n) is 17.3. The largest absolute Gasteiger partial charge is 0.481 e. The van der Waals surface area contributed by atoms with Gasteiger partial charge in [0.1, 0.15) is 0 Å². The lowest BCUT2D eigenvalue weighted by molar-refractivity contribution is -0.143. The van der Waals surface area contributed by atoms with Crippen molar-refractivity contribution in [1.82, 2.24) is 15.1 Å². The number of rotatable bonds is 7. The van der Waals surface area contributed by atoms with Crippen LogP contribution in [0.2, 0.25) is 0 Å². The number of carboxylic acid groups (broad SMARTS) is 1. The molecule has 152 valence electrons. The maximum atomic E-state index is 12.5. The van der Waals surface area contributed by atoms with E-state index in [-0.39, 0.29) is 11.9 Å². The van der Waals surface area contributed by atoms with E-state index < -0.39 is 11.9 Å². The Bertz CT molecular complexity index is 651. The van der Waals surface area contributed by atoms with Gasteiger partial charge in [0.05, 0.1) is 11.6 Å². The number of aromatic nitrogens is 2. The van der Waals surface area contributed by atoms with Crippen molar-refractivity contribution in [1.29, 1.82) is 0 Å². The standard InChI is InChI=1S/C21H35N3O3/c1-14(2)13-24-16(4)17(15(3)23-24)11-12-20(25)22-19-10-8-6-5-7-9-18(19)21(26)27/h14,18-19H,5-13H2,1-4H3,(H,22,25)(H,26,27). The molecule has 1 aromatic heterocycles. The van der Waals surface area contributed by atoms with Crippen LogP contribution in [0.15, 0.2) is 0 Å². The van der Waals surface area contributed by atoms with Gasteiger partial charge in [-0.05, 0) is 44.6 Å². The summed E-state index contributed by atoms with van der Waals surface area (Å²) >= 11 is 0. The molecule has 2 unspecified atom stereocenters. The van der Waals surface area contributed by atoms with E-state index in [2.05, 4.69) is 31.2 Å². The number of hydrogen-bond acceptors (Lipinski definition) is 3. The number of aryl methyl sites for hydroxylation is 1. The van der Waals surface area contributed by atoms with E-state index >= 15 is 0 Å². The van der Waals surface area contributed by atoms with Crippen LogP contribution in [0.1, 0.15) is 75.7 Å². The van der Waals surface area contributed by atoms with Crippen LogP contribution in [0.4, 0.5) is 0 Å². The maximum Gasteiger partial charge on any atom is 0.308 e. The van der Waals surface area contributed by atoms with Crippen molar-refractivity contribution < 1.29 is 14.7 Å². The minimum atomic E-state index is -0.788. The smallest absolute Gasteiger partial charge is 0.308 e. The second-order valence-electron chi connectivity index (χ2n) is 8.34. The minimum Gasteiger partial charge on any atom is -0.481 e. The summed E-state index contributed by atoms with van der Waals surface area (Å²) in [6.07, 6.45) is 6.54. The molecule has 1 aliphatic rings. The van der Waals surface area contributed by atoms with Gasteiger partial charge in [0, 0.05) is 24.7 Å². The molecule has 1 aromatic rings. The van der Waals surface area contributed by atoms with Crippen LogP contribution >= 0.6 is 0 Å². The van der Waals surface area contributed by atoms with E-state index in [9.17, 15) is 14.7 Å². The van der Waals surface area contributed by atoms with Crippen LogP contribution in [0.5, 0.6) is 0 Å². The monoisotopic (exact) mass is 377 g/mol. The third-order valence-corrected chi connectivity index (χ3v) is 5.60. The summed E-state index contributed by atoms with van der Waals surface area (Å²) in [5, 5.41) is 17.2. The van der Waals surface area contributed by atoms with Crippen molar-refractivity contribution in [2.45, 2.75) is 91.6 Å². The summed E-state index contributed by atoms with van der Waals surface area (Å²) in [6, 6.07) is -0.249. The van der Waals surface area contributed by atoms with Crippen LogP contribution in [-0.4, -0.2) is 32.8 Å². The molecular weight excluding hydrogens is 342 g/mol. The van der Waals surface area contributed by atoms with E-state index in [0.717, 1.165) is 55.6 Å². The summed E-state index contributed by atoms with van der Waals surface area (Å²) in [7, 11) is 0. The summed E-state index contributed by atoms with van der Waals surface area (Å²) < 4.78 is 2.03. The Morgan fingerprint density at radius 2 is 1.85 bits per heavy atom. The van der Waals surface area contributed by atoms with E-state index in [4.69, 9.17) is 0 Å². The van der Waals surface area contributed by atoms with E-state index in [1.807, 2.05) is 11.6 Å². The molecule has 1 amide bonds. The van der Waals surface area contributed by atoms with Gasteiger partial charge in [0.15, 0.2) is 0 Å². The highest BCUT2D eigenvalue weighted by Gasteiger charge is 2.29. The predicted molar refractivity (Wildman–Crippen MR) is 106 cm³/mol. The SMILES string of the molecule is Cc1nn(CC(C)C)c(C)c1CCC(=O)NC1CCCCCCC1C(=O)O. The zero-order chi connectivity index (χ0) is 20.0. The number of amides is 1. The highest BCUT2D eigenvalue weighted by atomic mass is 16.4. The Kier molecular flexibility index (Phi) is 7.87. The van der Waals surface area contributed by atoms with Gasteiger partial charge in [0.25, 0.3) is 0 Å². The molecule has 6 nitrogen and oxygen atoms in total. The number of nitrogens with one attached hydrogen (secondary N) is 1. The molecule has 0 saturated heterocycles. The van der Waals surface area contributed by atoms with Gasteiger partial charge in [-0.3, -0.25) is 14.3 Å². The molecule has 0 aliphatic heterocycles. The number of carboxylic acids is 1. The molecule has 1 heterocycles. The number of nitrogens with zero attached hydrogens (tertiary/aromatic N) is 2. The van der Waals surface area contributed by atoms with Gasteiger partial charge in [0.2, 0.25) is 5.91 Å². The molecule has 2 atom stereocenters. The van der Waals surface area contributed by atoms with Crippen molar-refractivity contribution in [3.8, 4) is 0 Å². The lowest BCUT2D eigenvalue weighted by atomic mass is 9.86. The van der Waals surface area contributed by atoms with Gasteiger partial charge in [-0.2, -0.15) is 5.10 Å². The van der Waals surface area contributed by atoms with Gasteiger partial charge < -0.3 is 10.4 Å². The van der Waals surface area contributed by atoms with Gasteiger partial charge >= 0.3 is 5.97 Å². The Morgan fingerprint density at radius 3 is 2.48 bits per heavy atom. The van der Waals surface area contributed by atoms with Crippen molar-refractivity contribution in [3.05, 3.63) is 17.0 Å². The molecule has 1 saturated carbocycles. The lowest BCUT2D eigenvalue weighted by Crippen LogP contribution is -2.44. The fourth-order valence-corrected chi connectivity index (χ4v) is 4.09. The first-order valence-corrected chi connectivity index (χ1v) is 10.3. The first-order valence-electron chi connectivity index (χ1n) is 10.3. The third kappa shape index (κ3) is 6.08. The van der Waals surface area contributed by atoms with Crippen molar-refractivity contribution >= 4 is 11.9 Å². The van der Waals surface area contributed by atoms with Crippen molar-refractivity contribution in [2.24, 2.45) is 11.8 Å². The second-order valence-corrected chi connectivity index (χ2v) is 8.34. The lowest BCUT2D eigenvalue weighted by Gasteiger charge is -2.27. The van der Waals surface area contributed by atoms with Crippen molar-refractivity contribution in [2.75, 3.05) is 0 Å². The maximum absolute atomic E-state index is 12.5. The summed E-state index contributed by atoms with van der Waals surface area (Å²) in [6.45, 7) is 9.26. The highest BCUT2D eigenvalue weighted by Crippen LogP contribution is 2.24. The number of carbonyl (C=O) groups is 2. The van der Waals surface area contributed by atoms with Crippen LogP contribution in [-0.2, 0) is 22.6 Å². The third-order valence-electron chi connectivity index (χ3n) is 5.60. The second kappa shape index (κ2) is 9.90. The average molecular weight is 378 g/mol. The number of carbonyl (C=O) groups excluding carboxylic acids is 1. The van der Waals surface area contributed by atoms with Crippen molar-refractivity contribution in [3.63, 3.8) is 0 Å². The minimum absolute atomic E-state index is 0.0535. The highest BCUT2D eigenvalue weighted by molar-refractivity contribution is 5.78. The number of aliphatic carboxylic acids is 1. The average Bonchev–Trinajstić information content (AvgIpc) is 2.81. The molecule has 6 heteroatoms. The predicted octanol–water partition coefficient (Wildman–Crippen LogP) is 3.63. The fraction of sp³-hybridized carbons (Fsp3) is 0.762. The Morgan fingerprint density at radius 1 is 1.19 bits per heavy atom. The molecule has 1 aliphatic carbocycles. The van der Waals surface area contributed by atoms with Crippen LogP contribution in [0.25, 0.3) is 0 Å². The topological polar surface area (TPSA) is 84.2 Å². The quantitative estimate of drug-likeness (QED) is 0.760. The molecule has 0 aromatic carbocycles.